The summed E-state index contributed by atoms with van der Waals surface area (Å²) >= 11 is 0. The van der Waals surface area contributed by atoms with Gasteiger partial charge in [0.05, 0.1) is 12.3 Å². The Morgan fingerprint density at radius 1 is 1.53 bits per heavy atom. The molecule has 3 N–H and O–H groups in total. The van der Waals surface area contributed by atoms with E-state index >= 15 is 0 Å². The van der Waals surface area contributed by atoms with E-state index in [0.29, 0.717) is 0 Å². The highest BCUT2D eigenvalue weighted by atomic mass is 32.2. The topological polar surface area (TPSA) is 83.6 Å². The summed E-state index contributed by atoms with van der Waals surface area (Å²) in [6.07, 6.45) is 0. The molecule has 7 heteroatoms. The number of hydrogen-bond acceptors (Lipinski definition) is 4. The zero-order valence-electron chi connectivity index (χ0n) is 9.59. The maximum atomic E-state index is 12.8. The first-order valence-corrected chi connectivity index (χ1v) is 6.38. The van der Waals surface area contributed by atoms with Crippen LogP contribution in [-0.4, -0.2) is 37.5 Å². The van der Waals surface area contributed by atoms with Gasteiger partial charge in [-0.05, 0) is 25.1 Å². The molecule has 1 aromatic rings. The van der Waals surface area contributed by atoms with E-state index in [0.717, 1.165) is 22.5 Å². The lowest BCUT2D eigenvalue weighted by molar-refractivity contribution is 0.214. The first-order chi connectivity index (χ1) is 7.80. The largest absolute Gasteiger partial charge is 0.398 e. The minimum absolute atomic E-state index is 0.151. The van der Waals surface area contributed by atoms with Crippen molar-refractivity contribution in [2.24, 2.45) is 0 Å². The normalized spacial score (nSPS) is 13.9. The van der Waals surface area contributed by atoms with E-state index in [-0.39, 0.29) is 17.2 Å². The van der Waals surface area contributed by atoms with Crippen molar-refractivity contribution >= 4 is 15.7 Å². The second-order valence-corrected chi connectivity index (χ2v) is 5.70. The van der Waals surface area contributed by atoms with Crippen LogP contribution in [0.25, 0.3) is 0 Å². The lowest BCUT2D eigenvalue weighted by Crippen LogP contribution is -2.37. The quantitative estimate of drug-likeness (QED) is 0.770. The molecule has 1 rings (SSSR count). The molecule has 0 aromatic heterocycles. The number of benzene rings is 1. The SMILES string of the molecule is CC(CO)N(C)S(=O)(=O)c1ccc(F)cc1N. The summed E-state index contributed by atoms with van der Waals surface area (Å²) < 4.78 is 38.0. The summed E-state index contributed by atoms with van der Waals surface area (Å²) in [6, 6.07) is 2.51. The lowest BCUT2D eigenvalue weighted by atomic mass is 10.3. The highest BCUT2D eigenvalue weighted by Gasteiger charge is 2.26. The Bertz CT molecular complexity index is 504. The molecule has 96 valence electrons. The fourth-order valence-corrected chi connectivity index (χ4v) is 2.71. The zero-order chi connectivity index (χ0) is 13.2. The second kappa shape index (κ2) is 4.99. The Balaban J connectivity index is 3.22. The predicted octanol–water partition coefficient (Wildman–Crippen LogP) is 0.409. The molecule has 0 bridgehead atoms. The number of nitrogens with zero attached hydrogens (tertiary/aromatic N) is 1. The molecule has 0 amide bonds. The van der Waals surface area contributed by atoms with Crippen LogP contribution in [0, 0.1) is 5.82 Å². The summed E-state index contributed by atoms with van der Waals surface area (Å²) in [6.45, 7) is 1.24. The fraction of sp³-hybridized carbons (Fsp3) is 0.400. The highest BCUT2D eigenvalue weighted by Crippen LogP contribution is 2.23. The van der Waals surface area contributed by atoms with Crippen LogP contribution >= 0.6 is 0 Å². The van der Waals surface area contributed by atoms with Gasteiger partial charge in [-0.25, -0.2) is 12.8 Å². The predicted molar refractivity (Wildman–Crippen MR) is 62.3 cm³/mol. The molecule has 0 aliphatic heterocycles. The van der Waals surface area contributed by atoms with Gasteiger partial charge in [0.1, 0.15) is 10.7 Å². The minimum atomic E-state index is -3.82. The van der Waals surface area contributed by atoms with Crippen molar-refractivity contribution in [1.82, 2.24) is 4.31 Å². The molecule has 0 aliphatic carbocycles. The third-order valence-corrected chi connectivity index (χ3v) is 4.56. The van der Waals surface area contributed by atoms with Gasteiger partial charge in [0.15, 0.2) is 0 Å². The number of hydrogen-bond donors (Lipinski definition) is 2. The molecule has 5 nitrogen and oxygen atoms in total. The number of likely N-dealkylation sites (N-methyl/N-ethyl adjacent to an activating group) is 1. The van der Waals surface area contributed by atoms with E-state index in [9.17, 15) is 12.8 Å². The van der Waals surface area contributed by atoms with Crippen LogP contribution in [0.4, 0.5) is 10.1 Å². The molecule has 0 radical (unpaired) electrons. The first-order valence-electron chi connectivity index (χ1n) is 4.94. The van der Waals surface area contributed by atoms with Gasteiger partial charge in [-0.3, -0.25) is 0 Å². The number of anilines is 1. The molecular formula is C10H15FN2O3S. The van der Waals surface area contributed by atoms with Crippen LogP contribution in [-0.2, 0) is 10.0 Å². The van der Waals surface area contributed by atoms with Crippen LogP contribution < -0.4 is 5.73 Å². The number of nitrogen functional groups attached to an aromatic ring is 1. The van der Waals surface area contributed by atoms with Gasteiger partial charge in [0.2, 0.25) is 10.0 Å². The minimum Gasteiger partial charge on any atom is -0.398 e. The number of aliphatic hydroxyl groups is 1. The van der Waals surface area contributed by atoms with Crippen LogP contribution in [0.15, 0.2) is 23.1 Å². The average molecular weight is 262 g/mol. The zero-order valence-corrected chi connectivity index (χ0v) is 10.4. The van der Waals surface area contributed by atoms with Gasteiger partial charge >= 0.3 is 0 Å². The maximum Gasteiger partial charge on any atom is 0.245 e. The molecule has 1 unspecified atom stereocenters. The smallest absolute Gasteiger partial charge is 0.245 e. The molecule has 1 atom stereocenters. The van der Waals surface area contributed by atoms with Crippen LogP contribution in [0.2, 0.25) is 0 Å². The number of nitrogens with two attached hydrogens (primary N) is 1. The first kappa shape index (κ1) is 13.9. The van der Waals surface area contributed by atoms with E-state index in [1.807, 2.05) is 0 Å². The molecular weight excluding hydrogens is 247 g/mol. The number of aliphatic hydroxyl groups excluding tert-OH is 1. The van der Waals surface area contributed by atoms with E-state index in [1.165, 1.54) is 7.05 Å². The molecule has 0 saturated heterocycles. The lowest BCUT2D eigenvalue weighted by Gasteiger charge is -2.23. The molecule has 0 heterocycles. The van der Waals surface area contributed by atoms with E-state index in [4.69, 9.17) is 10.8 Å². The Morgan fingerprint density at radius 2 is 2.12 bits per heavy atom. The molecule has 0 aliphatic rings. The number of sulfonamides is 1. The van der Waals surface area contributed by atoms with Crippen LogP contribution in [0.1, 0.15) is 6.92 Å². The summed E-state index contributed by atoms with van der Waals surface area (Å²) in [5, 5.41) is 8.93. The van der Waals surface area contributed by atoms with E-state index < -0.39 is 21.9 Å². The fourth-order valence-electron chi connectivity index (χ4n) is 1.26. The number of rotatable bonds is 4. The molecule has 17 heavy (non-hydrogen) atoms. The van der Waals surface area contributed by atoms with Crippen LogP contribution in [0.5, 0.6) is 0 Å². The third-order valence-electron chi connectivity index (χ3n) is 2.51. The Hall–Kier alpha value is -1.18. The molecule has 0 saturated carbocycles. The summed E-state index contributed by atoms with van der Waals surface area (Å²) in [7, 11) is -2.48. The monoisotopic (exact) mass is 262 g/mol. The summed E-state index contributed by atoms with van der Waals surface area (Å²) in [4.78, 5) is -0.165. The molecule has 1 aromatic carbocycles. The van der Waals surface area contributed by atoms with Gasteiger partial charge in [-0.15, -0.1) is 0 Å². The molecule has 0 spiro atoms. The van der Waals surface area contributed by atoms with Crippen LogP contribution in [0.3, 0.4) is 0 Å². The summed E-state index contributed by atoms with van der Waals surface area (Å²) in [5.74, 6) is -0.598. The maximum absolute atomic E-state index is 12.8. The van der Waals surface area contributed by atoms with Gasteiger partial charge in [0, 0.05) is 13.1 Å². The Labute approximate surface area is 99.7 Å². The van der Waals surface area contributed by atoms with Crippen molar-refractivity contribution < 1.29 is 17.9 Å². The van der Waals surface area contributed by atoms with Gasteiger partial charge in [-0.1, -0.05) is 0 Å². The highest BCUT2D eigenvalue weighted by molar-refractivity contribution is 7.89. The van der Waals surface area contributed by atoms with Crippen molar-refractivity contribution in [3.63, 3.8) is 0 Å². The summed E-state index contributed by atoms with van der Waals surface area (Å²) in [5.41, 5.74) is 5.33. The van der Waals surface area contributed by atoms with E-state index in [1.54, 1.807) is 6.92 Å². The van der Waals surface area contributed by atoms with Gasteiger partial charge in [0.25, 0.3) is 0 Å². The molecule has 0 fully saturated rings. The Kier molecular flexibility index (Phi) is 4.07. The van der Waals surface area contributed by atoms with Gasteiger partial charge in [-0.2, -0.15) is 4.31 Å². The van der Waals surface area contributed by atoms with Crippen molar-refractivity contribution in [2.75, 3.05) is 19.4 Å². The van der Waals surface area contributed by atoms with Crippen molar-refractivity contribution in [3.05, 3.63) is 24.0 Å². The number of halogens is 1. The standard InChI is InChI=1S/C10H15FN2O3S/c1-7(6-14)13(2)17(15,16)10-4-3-8(11)5-9(10)12/h3-5,7,14H,6,12H2,1-2H3. The Morgan fingerprint density at radius 3 is 2.59 bits per heavy atom. The van der Waals surface area contributed by atoms with Crippen molar-refractivity contribution in [1.29, 1.82) is 0 Å². The van der Waals surface area contributed by atoms with Crippen molar-refractivity contribution in [3.8, 4) is 0 Å². The van der Waals surface area contributed by atoms with Crippen molar-refractivity contribution in [2.45, 2.75) is 17.9 Å². The third kappa shape index (κ3) is 2.74. The van der Waals surface area contributed by atoms with E-state index in [2.05, 4.69) is 0 Å². The van der Waals surface area contributed by atoms with Gasteiger partial charge < -0.3 is 10.8 Å². The average Bonchev–Trinajstić information content (AvgIpc) is 2.26. The second-order valence-electron chi connectivity index (χ2n) is 3.73.